The quantitative estimate of drug-likeness (QED) is 0.645. The maximum atomic E-state index is 10.7. The summed E-state index contributed by atoms with van der Waals surface area (Å²) in [5.41, 5.74) is 1.85. The zero-order valence-electron chi connectivity index (χ0n) is 11.2. The van der Waals surface area contributed by atoms with Crippen molar-refractivity contribution in [2.45, 2.75) is 26.4 Å². The molecule has 20 heavy (non-hydrogen) atoms. The Kier molecular flexibility index (Phi) is 4.63. The summed E-state index contributed by atoms with van der Waals surface area (Å²) < 4.78 is 2.14. The van der Waals surface area contributed by atoms with E-state index in [4.69, 9.17) is 11.6 Å². The smallest absolute Gasteiger partial charge is 0.288 e. The van der Waals surface area contributed by atoms with Gasteiger partial charge in [-0.25, -0.2) is 0 Å². The SMILES string of the molecule is CCCn1ccc(CNc2ccc([N+](=O)[O-])c(Cl)c2)c1. The van der Waals surface area contributed by atoms with Crippen molar-refractivity contribution in [3.8, 4) is 0 Å². The van der Waals surface area contributed by atoms with Gasteiger partial charge in [0.2, 0.25) is 0 Å². The Hall–Kier alpha value is -2.01. The van der Waals surface area contributed by atoms with Gasteiger partial charge in [-0.3, -0.25) is 10.1 Å². The number of nitrogens with zero attached hydrogens (tertiary/aromatic N) is 2. The van der Waals surface area contributed by atoms with Gasteiger partial charge in [-0.05, 0) is 30.2 Å². The predicted octanol–water partition coefficient (Wildman–Crippen LogP) is 4.07. The van der Waals surface area contributed by atoms with Gasteiger partial charge in [0.1, 0.15) is 5.02 Å². The number of aromatic nitrogens is 1. The van der Waals surface area contributed by atoms with Crippen molar-refractivity contribution in [1.29, 1.82) is 0 Å². The molecular weight excluding hydrogens is 278 g/mol. The van der Waals surface area contributed by atoms with Crippen molar-refractivity contribution in [2.24, 2.45) is 0 Å². The van der Waals surface area contributed by atoms with Crippen LogP contribution in [0.25, 0.3) is 0 Å². The molecule has 0 bridgehead atoms. The third-order valence-electron chi connectivity index (χ3n) is 2.93. The molecule has 0 unspecified atom stereocenters. The molecule has 0 atom stereocenters. The molecule has 0 aliphatic carbocycles. The summed E-state index contributed by atoms with van der Waals surface area (Å²) in [5.74, 6) is 0. The normalized spacial score (nSPS) is 10.5. The number of anilines is 1. The molecule has 1 N–H and O–H groups in total. The van der Waals surface area contributed by atoms with Crippen molar-refractivity contribution < 1.29 is 4.92 Å². The average Bonchev–Trinajstić information content (AvgIpc) is 2.84. The first-order valence-corrected chi connectivity index (χ1v) is 6.80. The molecule has 106 valence electrons. The zero-order chi connectivity index (χ0) is 14.5. The molecule has 2 rings (SSSR count). The number of aryl methyl sites for hydroxylation is 1. The fraction of sp³-hybridized carbons (Fsp3) is 0.286. The van der Waals surface area contributed by atoms with Crippen LogP contribution in [0, 0.1) is 10.1 Å². The molecule has 0 aliphatic rings. The highest BCUT2D eigenvalue weighted by Crippen LogP contribution is 2.27. The molecular formula is C14H16ClN3O2. The third kappa shape index (κ3) is 3.51. The highest BCUT2D eigenvalue weighted by molar-refractivity contribution is 6.32. The van der Waals surface area contributed by atoms with E-state index in [0.29, 0.717) is 6.54 Å². The van der Waals surface area contributed by atoms with E-state index in [2.05, 4.69) is 29.1 Å². The Morgan fingerprint density at radius 3 is 2.85 bits per heavy atom. The van der Waals surface area contributed by atoms with Gasteiger partial charge >= 0.3 is 0 Å². The van der Waals surface area contributed by atoms with Gasteiger partial charge in [-0.1, -0.05) is 18.5 Å². The van der Waals surface area contributed by atoms with E-state index in [1.165, 1.54) is 6.07 Å². The van der Waals surface area contributed by atoms with Crippen LogP contribution in [0.4, 0.5) is 11.4 Å². The van der Waals surface area contributed by atoms with Gasteiger partial charge < -0.3 is 9.88 Å². The second kappa shape index (κ2) is 6.43. The van der Waals surface area contributed by atoms with E-state index in [-0.39, 0.29) is 10.7 Å². The summed E-state index contributed by atoms with van der Waals surface area (Å²) in [6.07, 6.45) is 5.23. The fourth-order valence-corrected chi connectivity index (χ4v) is 2.21. The van der Waals surface area contributed by atoms with E-state index in [1.807, 2.05) is 6.20 Å². The second-order valence-corrected chi connectivity index (χ2v) is 4.94. The number of benzene rings is 1. The molecule has 1 aromatic carbocycles. The van der Waals surface area contributed by atoms with Crippen molar-refractivity contribution in [3.05, 3.63) is 57.4 Å². The first kappa shape index (κ1) is 14.4. The number of nitro groups is 1. The van der Waals surface area contributed by atoms with E-state index < -0.39 is 4.92 Å². The number of hydrogen-bond donors (Lipinski definition) is 1. The average molecular weight is 294 g/mol. The molecule has 0 saturated carbocycles. The summed E-state index contributed by atoms with van der Waals surface area (Å²) >= 11 is 5.87. The van der Waals surface area contributed by atoms with Crippen molar-refractivity contribution in [1.82, 2.24) is 4.57 Å². The lowest BCUT2D eigenvalue weighted by Crippen LogP contribution is -1.99. The van der Waals surface area contributed by atoms with Gasteiger partial charge in [0.15, 0.2) is 0 Å². The van der Waals surface area contributed by atoms with E-state index in [0.717, 1.165) is 24.2 Å². The van der Waals surface area contributed by atoms with Crippen LogP contribution in [0.15, 0.2) is 36.7 Å². The summed E-state index contributed by atoms with van der Waals surface area (Å²) in [6, 6.07) is 6.69. The van der Waals surface area contributed by atoms with Crippen LogP contribution < -0.4 is 5.32 Å². The summed E-state index contributed by atoms with van der Waals surface area (Å²) in [5, 5.41) is 14.0. The van der Waals surface area contributed by atoms with Crippen molar-refractivity contribution in [3.63, 3.8) is 0 Å². The number of nitrogens with one attached hydrogen (secondary N) is 1. The molecule has 6 heteroatoms. The van der Waals surface area contributed by atoms with Crippen LogP contribution in [0.5, 0.6) is 0 Å². The summed E-state index contributed by atoms with van der Waals surface area (Å²) in [4.78, 5) is 10.2. The first-order chi connectivity index (χ1) is 9.60. The maximum absolute atomic E-state index is 10.7. The first-order valence-electron chi connectivity index (χ1n) is 6.42. The maximum Gasteiger partial charge on any atom is 0.288 e. The third-order valence-corrected chi connectivity index (χ3v) is 3.24. The van der Waals surface area contributed by atoms with E-state index >= 15 is 0 Å². The Bertz CT molecular complexity index is 610. The lowest BCUT2D eigenvalue weighted by Gasteiger charge is -2.05. The minimum atomic E-state index is -0.489. The molecule has 0 radical (unpaired) electrons. The van der Waals surface area contributed by atoms with Crippen molar-refractivity contribution >= 4 is 23.0 Å². The lowest BCUT2D eigenvalue weighted by atomic mass is 10.2. The number of nitro benzene ring substituents is 1. The van der Waals surface area contributed by atoms with Gasteiger partial charge in [0.25, 0.3) is 5.69 Å². The van der Waals surface area contributed by atoms with Gasteiger partial charge in [0.05, 0.1) is 4.92 Å². The Balaban J connectivity index is 1.99. The Morgan fingerprint density at radius 2 is 2.20 bits per heavy atom. The topological polar surface area (TPSA) is 60.1 Å². The minimum absolute atomic E-state index is 0.0775. The molecule has 0 fully saturated rings. The molecule has 0 saturated heterocycles. The van der Waals surface area contributed by atoms with Crippen molar-refractivity contribution in [2.75, 3.05) is 5.32 Å². The molecule has 5 nitrogen and oxygen atoms in total. The Labute approximate surface area is 122 Å². The lowest BCUT2D eigenvalue weighted by molar-refractivity contribution is -0.384. The largest absolute Gasteiger partial charge is 0.381 e. The summed E-state index contributed by atoms with van der Waals surface area (Å²) in [6.45, 7) is 3.80. The zero-order valence-corrected chi connectivity index (χ0v) is 11.9. The molecule has 0 aliphatic heterocycles. The second-order valence-electron chi connectivity index (χ2n) is 4.53. The van der Waals surface area contributed by atoms with Crippen LogP contribution in [0.3, 0.4) is 0 Å². The number of rotatable bonds is 6. The number of hydrogen-bond acceptors (Lipinski definition) is 3. The van der Waals surface area contributed by atoms with Gasteiger partial charge in [-0.2, -0.15) is 0 Å². The van der Waals surface area contributed by atoms with E-state index in [9.17, 15) is 10.1 Å². The van der Waals surface area contributed by atoms with Crippen LogP contribution in [0.2, 0.25) is 5.02 Å². The highest BCUT2D eigenvalue weighted by atomic mass is 35.5. The molecule has 2 aromatic rings. The van der Waals surface area contributed by atoms with Crippen LogP contribution >= 0.6 is 11.6 Å². The van der Waals surface area contributed by atoms with E-state index in [1.54, 1.807) is 12.1 Å². The molecule has 0 spiro atoms. The van der Waals surface area contributed by atoms with Gasteiger partial charge in [-0.15, -0.1) is 0 Å². The van der Waals surface area contributed by atoms with Gasteiger partial charge in [0, 0.05) is 37.2 Å². The van der Waals surface area contributed by atoms with Crippen LogP contribution in [-0.4, -0.2) is 9.49 Å². The standard InChI is InChI=1S/C14H16ClN3O2/c1-2-6-17-7-5-11(10-17)9-16-12-3-4-14(18(19)20)13(15)8-12/h3-5,7-8,10,16H,2,6,9H2,1H3. The number of halogens is 1. The Morgan fingerprint density at radius 1 is 1.40 bits per heavy atom. The fourth-order valence-electron chi connectivity index (χ4n) is 1.96. The monoisotopic (exact) mass is 293 g/mol. The molecule has 0 amide bonds. The highest BCUT2D eigenvalue weighted by Gasteiger charge is 2.11. The summed E-state index contributed by atoms with van der Waals surface area (Å²) in [7, 11) is 0. The van der Waals surface area contributed by atoms with Crippen LogP contribution in [0.1, 0.15) is 18.9 Å². The minimum Gasteiger partial charge on any atom is -0.381 e. The van der Waals surface area contributed by atoms with Crippen LogP contribution in [-0.2, 0) is 13.1 Å². The predicted molar refractivity (Wildman–Crippen MR) is 80.2 cm³/mol. The molecule has 1 aromatic heterocycles. The molecule has 1 heterocycles.